The number of carbonyl (C=O) groups is 1. The molecule has 0 unspecified atom stereocenters. The summed E-state index contributed by atoms with van der Waals surface area (Å²) in [6.45, 7) is -0.0581. The van der Waals surface area contributed by atoms with E-state index in [1.54, 1.807) is 30.3 Å². The topological polar surface area (TPSA) is 64.3 Å². The molecule has 0 saturated carbocycles. The largest absolute Gasteiger partial charge is 0.483 e. The number of para-hydroxylation sites is 1. The third-order valence-electron chi connectivity index (χ3n) is 2.37. The van der Waals surface area contributed by atoms with Crippen molar-refractivity contribution in [2.24, 2.45) is 0 Å². The fourth-order valence-corrected chi connectivity index (χ4v) is 1.92. The molecule has 98 valence electrons. The first kappa shape index (κ1) is 13.4. The standard InChI is InChI=1S/C14H13BrN2O2/c15-12-6-1-2-7-13(12)19-9-14(18)17-11-5-3-4-10(16)8-11/h1-8H,9,16H2,(H,17,18). The third-order valence-corrected chi connectivity index (χ3v) is 3.02. The molecule has 0 fully saturated rings. The van der Waals surface area contributed by atoms with Gasteiger partial charge in [-0.15, -0.1) is 0 Å². The first-order valence-corrected chi connectivity index (χ1v) is 6.47. The van der Waals surface area contributed by atoms with Crippen molar-refractivity contribution < 1.29 is 9.53 Å². The lowest BCUT2D eigenvalue weighted by Crippen LogP contribution is -2.20. The zero-order valence-electron chi connectivity index (χ0n) is 10.1. The number of nitrogens with one attached hydrogen (secondary N) is 1. The summed E-state index contributed by atoms with van der Waals surface area (Å²) in [7, 11) is 0. The monoisotopic (exact) mass is 320 g/mol. The molecule has 0 aliphatic rings. The number of nitrogens with two attached hydrogens (primary N) is 1. The van der Waals surface area contributed by atoms with Gasteiger partial charge in [0.15, 0.2) is 6.61 Å². The Hall–Kier alpha value is -2.01. The number of hydrogen-bond donors (Lipinski definition) is 2. The summed E-state index contributed by atoms with van der Waals surface area (Å²) in [6.07, 6.45) is 0. The normalized spacial score (nSPS) is 9.95. The van der Waals surface area contributed by atoms with Crippen LogP contribution in [0.25, 0.3) is 0 Å². The van der Waals surface area contributed by atoms with Gasteiger partial charge >= 0.3 is 0 Å². The van der Waals surface area contributed by atoms with E-state index in [-0.39, 0.29) is 12.5 Å². The highest BCUT2D eigenvalue weighted by molar-refractivity contribution is 9.10. The van der Waals surface area contributed by atoms with Crippen LogP contribution in [0.1, 0.15) is 0 Å². The number of ether oxygens (including phenoxy) is 1. The Labute approximate surface area is 119 Å². The maximum atomic E-state index is 11.7. The Bertz CT molecular complexity index is 587. The molecule has 0 aliphatic heterocycles. The van der Waals surface area contributed by atoms with Crippen molar-refractivity contribution in [2.45, 2.75) is 0 Å². The van der Waals surface area contributed by atoms with Gasteiger partial charge in [-0.1, -0.05) is 18.2 Å². The van der Waals surface area contributed by atoms with Crippen LogP contribution in [-0.4, -0.2) is 12.5 Å². The lowest BCUT2D eigenvalue weighted by atomic mass is 10.3. The van der Waals surface area contributed by atoms with Crippen molar-refractivity contribution in [3.05, 3.63) is 53.0 Å². The van der Waals surface area contributed by atoms with Gasteiger partial charge in [-0.25, -0.2) is 0 Å². The maximum Gasteiger partial charge on any atom is 0.262 e. The number of benzene rings is 2. The summed E-state index contributed by atoms with van der Waals surface area (Å²) in [5.74, 6) is 0.395. The fourth-order valence-electron chi connectivity index (χ4n) is 1.52. The van der Waals surface area contributed by atoms with Gasteiger partial charge in [0.05, 0.1) is 4.47 Å². The third kappa shape index (κ3) is 3.99. The van der Waals surface area contributed by atoms with Crippen LogP contribution < -0.4 is 15.8 Å². The van der Waals surface area contributed by atoms with Gasteiger partial charge in [-0.05, 0) is 46.3 Å². The summed E-state index contributed by atoms with van der Waals surface area (Å²) in [6, 6.07) is 14.4. The Kier molecular flexibility index (Phi) is 4.41. The highest BCUT2D eigenvalue weighted by Gasteiger charge is 2.05. The van der Waals surface area contributed by atoms with Gasteiger partial charge in [0, 0.05) is 11.4 Å². The quantitative estimate of drug-likeness (QED) is 0.851. The van der Waals surface area contributed by atoms with E-state index in [0.717, 1.165) is 4.47 Å². The second kappa shape index (κ2) is 6.24. The highest BCUT2D eigenvalue weighted by atomic mass is 79.9. The molecule has 5 heteroatoms. The van der Waals surface area contributed by atoms with Crippen molar-refractivity contribution in [1.29, 1.82) is 0 Å². The van der Waals surface area contributed by atoms with Gasteiger partial charge in [0.1, 0.15) is 5.75 Å². The molecule has 0 aliphatic carbocycles. The molecule has 2 aromatic rings. The Morgan fingerprint density at radius 2 is 2.00 bits per heavy atom. The van der Waals surface area contributed by atoms with Crippen LogP contribution in [0.2, 0.25) is 0 Å². The molecule has 3 N–H and O–H groups in total. The molecule has 0 bridgehead atoms. The van der Waals surface area contributed by atoms with E-state index >= 15 is 0 Å². The minimum absolute atomic E-state index is 0.0581. The van der Waals surface area contributed by atoms with Gasteiger partial charge in [0.2, 0.25) is 0 Å². The van der Waals surface area contributed by atoms with Gasteiger partial charge in [-0.2, -0.15) is 0 Å². The molecule has 0 spiro atoms. The number of nitrogen functional groups attached to an aromatic ring is 1. The van der Waals surface area contributed by atoms with E-state index in [0.29, 0.717) is 17.1 Å². The van der Waals surface area contributed by atoms with Crippen LogP contribution in [0.5, 0.6) is 5.75 Å². The molecule has 1 amide bonds. The number of carbonyl (C=O) groups excluding carboxylic acids is 1. The van der Waals surface area contributed by atoms with Crippen molar-refractivity contribution in [3.8, 4) is 5.75 Å². The fraction of sp³-hybridized carbons (Fsp3) is 0.0714. The van der Waals surface area contributed by atoms with E-state index in [9.17, 15) is 4.79 Å². The average Bonchev–Trinajstić information content (AvgIpc) is 2.38. The van der Waals surface area contributed by atoms with Crippen LogP contribution in [0.4, 0.5) is 11.4 Å². The number of halogens is 1. The summed E-state index contributed by atoms with van der Waals surface area (Å²) in [5.41, 5.74) is 6.89. The molecule has 0 saturated heterocycles. The predicted octanol–water partition coefficient (Wildman–Crippen LogP) is 3.05. The molecular weight excluding hydrogens is 308 g/mol. The van der Waals surface area contributed by atoms with Gasteiger partial charge in [-0.3, -0.25) is 4.79 Å². The van der Waals surface area contributed by atoms with E-state index in [4.69, 9.17) is 10.5 Å². The molecule has 0 heterocycles. The second-order valence-electron chi connectivity index (χ2n) is 3.89. The lowest BCUT2D eigenvalue weighted by molar-refractivity contribution is -0.118. The number of hydrogen-bond acceptors (Lipinski definition) is 3. The van der Waals surface area contributed by atoms with Crippen molar-refractivity contribution in [1.82, 2.24) is 0 Å². The van der Waals surface area contributed by atoms with Crippen molar-refractivity contribution in [2.75, 3.05) is 17.7 Å². The Morgan fingerprint density at radius 1 is 1.21 bits per heavy atom. The summed E-state index contributed by atoms with van der Waals surface area (Å²) >= 11 is 3.35. The number of amides is 1. The maximum absolute atomic E-state index is 11.7. The minimum Gasteiger partial charge on any atom is -0.483 e. The zero-order chi connectivity index (χ0) is 13.7. The molecule has 0 radical (unpaired) electrons. The van der Waals surface area contributed by atoms with Crippen LogP contribution in [0.3, 0.4) is 0 Å². The molecule has 0 atom stereocenters. The number of rotatable bonds is 4. The van der Waals surface area contributed by atoms with Crippen LogP contribution >= 0.6 is 15.9 Å². The average molecular weight is 321 g/mol. The van der Waals surface area contributed by atoms with E-state index in [1.165, 1.54) is 0 Å². The summed E-state index contributed by atoms with van der Waals surface area (Å²) < 4.78 is 6.22. The summed E-state index contributed by atoms with van der Waals surface area (Å²) in [4.78, 5) is 11.7. The Balaban J connectivity index is 1.90. The number of anilines is 2. The van der Waals surface area contributed by atoms with Crippen LogP contribution in [-0.2, 0) is 4.79 Å². The molecule has 2 rings (SSSR count). The van der Waals surface area contributed by atoms with E-state index in [2.05, 4.69) is 21.2 Å². The SMILES string of the molecule is Nc1cccc(NC(=O)COc2ccccc2Br)c1. The van der Waals surface area contributed by atoms with Crippen molar-refractivity contribution >= 4 is 33.2 Å². The Morgan fingerprint density at radius 3 is 2.74 bits per heavy atom. The lowest BCUT2D eigenvalue weighted by Gasteiger charge is -2.09. The van der Waals surface area contributed by atoms with Crippen LogP contribution in [0, 0.1) is 0 Å². The summed E-state index contributed by atoms with van der Waals surface area (Å²) in [5, 5.41) is 2.71. The smallest absolute Gasteiger partial charge is 0.262 e. The highest BCUT2D eigenvalue weighted by Crippen LogP contribution is 2.23. The molecule has 2 aromatic carbocycles. The van der Waals surface area contributed by atoms with Crippen LogP contribution in [0.15, 0.2) is 53.0 Å². The molecule has 4 nitrogen and oxygen atoms in total. The zero-order valence-corrected chi connectivity index (χ0v) is 11.7. The molecule has 0 aromatic heterocycles. The van der Waals surface area contributed by atoms with E-state index < -0.39 is 0 Å². The second-order valence-corrected chi connectivity index (χ2v) is 4.75. The van der Waals surface area contributed by atoms with E-state index in [1.807, 2.05) is 18.2 Å². The minimum atomic E-state index is -0.235. The first-order valence-electron chi connectivity index (χ1n) is 5.68. The molecule has 19 heavy (non-hydrogen) atoms. The molecular formula is C14H13BrN2O2. The first-order chi connectivity index (χ1) is 9.15. The van der Waals surface area contributed by atoms with Gasteiger partial charge in [0.25, 0.3) is 5.91 Å². The van der Waals surface area contributed by atoms with Crippen molar-refractivity contribution in [3.63, 3.8) is 0 Å². The predicted molar refractivity (Wildman–Crippen MR) is 79.1 cm³/mol. The van der Waals surface area contributed by atoms with Gasteiger partial charge < -0.3 is 15.8 Å².